The van der Waals surface area contributed by atoms with E-state index in [1.54, 1.807) is 11.4 Å². The SMILES string of the molecule is N#Cc1ccsc1NC(=O)CN(Cc1ccc(C(=O)NC2CC2)cc1)C1CC1. The molecular weight excluding hydrogens is 372 g/mol. The smallest absolute Gasteiger partial charge is 0.251 e. The van der Waals surface area contributed by atoms with Gasteiger partial charge in [-0.1, -0.05) is 12.1 Å². The number of hydrogen-bond donors (Lipinski definition) is 2. The first-order chi connectivity index (χ1) is 13.6. The van der Waals surface area contributed by atoms with Gasteiger partial charge in [-0.3, -0.25) is 14.5 Å². The Labute approximate surface area is 168 Å². The van der Waals surface area contributed by atoms with Crippen LogP contribution in [0.3, 0.4) is 0 Å². The molecule has 2 saturated carbocycles. The highest BCUT2D eigenvalue weighted by Gasteiger charge is 2.30. The zero-order chi connectivity index (χ0) is 19.5. The third kappa shape index (κ3) is 4.77. The fraction of sp³-hybridized carbons (Fsp3) is 0.381. The van der Waals surface area contributed by atoms with Crippen molar-refractivity contribution < 1.29 is 9.59 Å². The Bertz CT molecular complexity index is 907. The molecule has 0 saturated heterocycles. The van der Waals surface area contributed by atoms with Crippen LogP contribution in [-0.2, 0) is 11.3 Å². The number of carbonyl (C=O) groups is 2. The van der Waals surface area contributed by atoms with Gasteiger partial charge < -0.3 is 10.6 Å². The number of benzene rings is 1. The molecule has 0 bridgehead atoms. The quantitative estimate of drug-likeness (QED) is 0.720. The van der Waals surface area contributed by atoms with E-state index in [1.807, 2.05) is 24.3 Å². The van der Waals surface area contributed by atoms with E-state index in [0.29, 0.717) is 34.8 Å². The van der Waals surface area contributed by atoms with E-state index in [4.69, 9.17) is 5.26 Å². The van der Waals surface area contributed by atoms with Crippen LogP contribution >= 0.6 is 11.3 Å². The first kappa shape index (κ1) is 18.7. The highest BCUT2D eigenvalue weighted by atomic mass is 32.1. The van der Waals surface area contributed by atoms with Crippen molar-refractivity contribution in [3.63, 3.8) is 0 Å². The molecule has 1 aromatic carbocycles. The third-order valence-corrected chi connectivity index (χ3v) is 5.79. The molecule has 4 rings (SSSR count). The van der Waals surface area contributed by atoms with Gasteiger partial charge in [-0.2, -0.15) is 5.26 Å². The van der Waals surface area contributed by atoms with Crippen molar-refractivity contribution in [1.29, 1.82) is 5.26 Å². The van der Waals surface area contributed by atoms with Gasteiger partial charge in [-0.25, -0.2) is 0 Å². The second kappa shape index (κ2) is 8.13. The Hall–Kier alpha value is -2.69. The minimum absolute atomic E-state index is 0.0169. The van der Waals surface area contributed by atoms with Crippen LogP contribution in [-0.4, -0.2) is 35.3 Å². The maximum atomic E-state index is 12.5. The van der Waals surface area contributed by atoms with Gasteiger partial charge in [0.25, 0.3) is 5.91 Å². The first-order valence-electron chi connectivity index (χ1n) is 9.53. The predicted octanol–water partition coefficient (Wildman–Crippen LogP) is 3.12. The monoisotopic (exact) mass is 394 g/mol. The summed E-state index contributed by atoms with van der Waals surface area (Å²) in [7, 11) is 0. The minimum atomic E-state index is -0.105. The molecule has 0 unspecified atom stereocenters. The topological polar surface area (TPSA) is 85.2 Å². The van der Waals surface area contributed by atoms with Gasteiger partial charge in [0.1, 0.15) is 11.1 Å². The summed E-state index contributed by atoms with van der Waals surface area (Å²) >= 11 is 1.36. The molecule has 1 aromatic heterocycles. The van der Waals surface area contributed by atoms with Crippen molar-refractivity contribution in [1.82, 2.24) is 10.2 Å². The van der Waals surface area contributed by atoms with E-state index in [9.17, 15) is 9.59 Å². The molecule has 6 nitrogen and oxygen atoms in total. The second-order valence-electron chi connectivity index (χ2n) is 7.40. The zero-order valence-corrected chi connectivity index (χ0v) is 16.3. The number of amides is 2. The molecule has 2 aliphatic rings. The molecular formula is C21H22N4O2S. The van der Waals surface area contributed by atoms with Gasteiger partial charge in [-0.05, 0) is 54.8 Å². The number of hydrogen-bond acceptors (Lipinski definition) is 5. The Kier molecular flexibility index (Phi) is 5.42. The average Bonchev–Trinajstić information content (AvgIpc) is 3.61. The van der Waals surface area contributed by atoms with Crippen LogP contribution in [0, 0.1) is 11.3 Å². The highest BCUT2D eigenvalue weighted by molar-refractivity contribution is 7.14. The van der Waals surface area contributed by atoms with E-state index in [1.165, 1.54) is 11.3 Å². The summed E-state index contributed by atoms with van der Waals surface area (Å²) in [6, 6.07) is 12.2. The van der Waals surface area contributed by atoms with Crippen molar-refractivity contribution in [3.8, 4) is 6.07 Å². The lowest BCUT2D eigenvalue weighted by molar-refractivity contribution is -0.117. The summed E-state index contributed by atoms with van der Waals surface area (Å²) in [5.41, 5.74) is 2.25. The summed E-state index contributed by atoms with van der Waals surface area (Å²) < 4.78 is 0. The number of carbonyl (C=O) groups excluding carboxylic acids is 2. The van der Waals surface area contributed by atoms with Gasteiger partial charge in [0.2, 0.25) is 5.91 Å². The number of nitriles is 1. The van der Waals surface area contributed by atoms with Crippen molar-refractivity contribution in [2.24, 2.45) is 0 Å². The lowest BCUT2D eigenvalue weighted by Gasteiger charge is -2.21. The van der Waals surface area contributed by atoms with E-state index < -0.39 is 0 Å². The number of rotatable bonds is 8. The van der Waals surface area contributed by atoms with E-state index in [-0.39, 0.29) is 18.4 Å². The predicted molar refractivity (Wildman–Crippen MR) is 108 cm³/mol. The molecule has 2 aromatic rings. The van der Waals surface area contributed by atoms with Crippen molar-refractivity contribution in [2.75, 3.05) is 11.9 Å². The Morgan fingerprint density at radius 3 is 2.54 bits per heavy atom. The normalized spacial score (nSPS) is 15.9. The molecule has 2 aliphatic carbocycles. The van der Waals surface area contributed by atoms with Gasteiger partial charge in [0.15, 0.2) is 0 Å². The summed E-state index contributed by atoms with van der Waals surface area (Å²) in [5, 5.41) is 17.3. The van der Waals surface area contributed by atoms with Crippen LogP contribution in [0.25, 0.3) is 0 Å². The first-order valence-corrected chi connectivity index (χ1v) is 10.4. The van der Waals surface area contributed by atoms with Gasteiger partial charge >= 0.3 is 0 Å². The summed E-state index contributed by atoms with van der Waals surface area (Å²) in [5.74, 6) is -0.122. The molecule has 1 heterocycles. The lowest BCUT2D eigenvalue weighted by atomic mass is 10.1. The maximum Gasteiger partial charge on any atom is 0.251 e. The summed E-state index contributed by atoms with van der Waals surface area (Å²) in [6.07, 6.45) is 4.34. The fourth-order valence-electron chi connectivity index (χ4n) is 3.09. The maximum absolute atomic E-state index is 12.5. The molecule has 0 aliphatic heterocycles. The summed E-state index contributed by atoms with van der Waals surface area (Å²) in [6.45, 7) is 0.954. The van der Waals surface area contributed by atoms with E-state index in [0.717, 1.165) is 31.2 Å². The van der Waals surface area contributed by atoms with E-state index >= 15 is 0 Å². The fourth-order valence-corrected chi connectivity index (χ4v) is 3.84. The molecule has 2 amide bonds. The van der Waals surface area contributed by atoms with Gasteiger partial charge in [0, 0.05) is 24.2 Å². The van der Waals surface area contributed by atoms with Crippen LogP contribution in [0.1, 0.15) is 47.2 Å². The van der Waals surface area contributed by atoms with Crippen molar-refractivity contribution in [2.45, 2.75) is 44.3 Å². The van der Waals surface area contributed by atoms with Gasteiger partial charge in [-0.15, -0.1) is 11.3 Å². The molecule has 28 heavy (non-hydrogen) atoms. The number of nitrogens with one attached hydrogen (secondary N) is 2. The van der Waals surface area contributed by atoms with E-state index in [2.05, 4.69) is 21.6 Å². The number of anilines is 1. The van der Waals surface area contributed by atoms with Crippen molar-refractivity contribution >= 4 is 28.2 Å². The van der Waals surface area contributed by atoms with Crippen molar-refractivity contribution in [3.05, 3.63) is 52.4 Å². The van der Waals surface area contributed by atoms with Crippen LogP contribution in [0.5, 0.6) is 0 Å². The standard InChI is InChI=1S/C21H22N4O2S/c22-11-16-9-10-28-21(16)24-19(26)13-25(18-7-8-18)12-14-1-3-15(4-2-14)20(27)23-17-5-6-17/h1-4,9-10,17-18H,5-8,12-13H2,(H,23,27)(H,24,26). The lowest BCUT2D eigenvalue weighted by Crippen LogP contribution is -2.34. The molecule has 2 fully saturated rings. The largest absolute Gasteiger partial charge is 0.349 e. The number of nitrogens with zero attached hydrogens (tertiary/aromatic N) is 2. The van der Waals surface area contributed by atoms with Crippen LogP contribution in [0.4, 0.5) is 5.00 Å². The Morgan fingerprint density at radius 2 is 1.89 bits per heavy atom. The molecule has 0 spiro atoms. The number of thiophene rings is 1. The Balaban J connectivity index is 1.35. The highest BCUT2D eigenvalue weighted by Crippen LogP contribution is 2.29. The average molecular weight is 395 g/mol. The van der Waals surface area contributed by atoms with Crippen LogP contribution < -0.4 is 10.6 Å². The zero-order valence-electron chi connectivity index (χ0n) is 15.5. The molecule has 0 radical (unpaired) electrons. The summed E-state index contributed by atoms with van der Waals surface area (Å²) in [4.78, 5) is 26.7. The Morgan fingerprint density at radius 1 is 1.14 bits per heavy atom. The molecule has 7 heteroatoms. The molecule has 2 N–H and O–H groups in total. The van der Waals surface area contributed by atoms with Crippen LogP contribution in [0.2, 0.25) is 0 Å². The molecule has 144 valence electrons. The molecule has 0 atom stereocenters. The minimum Gasteiger partial charge on any atom is -0.349 e. The van der Waals surface area contributed by atoms with Gasteiger partial charge in [0.05, 0.1) is 12.1 Å². The second-order valence-corrected chi connectivity index (χ2v) is 8.32. The van der Waals surface area contributed by atoms with Crippen LogP contribution in [0.15, 0.2) is 35.7 Å². The third-order valence-electron chi connectivity index (χ3n) is 4.96.